The van der Waals surface area contributed by atoms with Crippen LogP contribution in [-0.4, -0.2) is 32.8 Å². The maximum Gasteiger partial charge on any atom is 0.163 e. The van der Waals surface area contributed by atoms with Crippen molar-refractivity contribution in [1.29, 1.82) is 0 Å². The third kappa shape index (κ3) is 2.92. The van der Waals surface area contributed by atoms with E-state index in [2.05, 4.69) is 33.8 Å². The minimum atomic E-state index is 0.922. The first kappa shape index (κ1) is 14.8. The standard InChI is InChI=1S/C15H25N5/c1-5-7-9-20(10-8-6-2)15-13-12(3)18-19(4)14(13)16-11-17-15/h11H,5-10H2,1-4H3. The molecule has 20 heavy (non-hydrogen) atoms. The third-order valence-corrected chi connectivity index (χ3v) is 3.64. The molecule has 0 spiro atoms. The predicted octanol–water partition coefficient (Wildman–Crippen LogP) is 3.08. The lowest BCUT2D eigenvalue weighted by atomic mass is 10.2. The van der Waals surface area contributed by atoms with Gasteiger partial charge in [0.2, 0.25) is 0 Å². The summed E-state index contributed by atoms with van der Waals surface area (Å²) in [6.07, 6.45) is 6.43. The molecule has 0 radical (unpaired) electrons. The van der Waals surface area contributed by atoms with Crippen LogP contribution in [-0.2, 0) is 7.05 Å². The molecule has 0 unspecified atom stereocenters. The molecular formula is C15H25N5. The number of anilines is 1. The van der Waals surface area contributed by atoms with E-state index in [1.54, 1.807) is 6.33 Å². The van der Waals surface area contributed by atoms with Gasteiger partial charge in [0, 0.05) is 20.1 Å². The second kappa shape index (κ2) is 6.68. The second-order valence-electron chi connectivity index (χ2n) is 5.30. The molecule has 0 aliphatic rings. The number of fused-ring (bicyclic) bond motifs is 1. The van der Waals surface area contributed by atoms with E-state index in [4.69, 9.17) is 0 Å². The molecule has 0 amide bonds. The van der Waals surface area contributed by atoms with Crippen molar-refractivity contribution in [3.05, 3.63) is 12.0 Å². The summed E-state index contributed by atoms with van der Waals surface area (Å²) >= 11 is 0. The van der Waals surface area contributed by atoms with E-state index in [1.807, 2.05) is 18.7 Å². The number of aryl methyl sites for hydroxylation is 2. The summed E-state index contributed by atoms with van der Waals surface area (Å²) in [7, 11) is 1.94. The zero-order chi connectivity index (χ0) is 14.5. The molecule has 5 heteroatoms. The zero-order valence-electron chi connectivity index (χ0n) is 13.1. The normalized spacial score (nSPS) is 11.2. The van der Waals surface area contributed by atoms with Crippen LogP contribution in [0.1, 0.15) is 45.2 Å². The van der Waals surface area contributed by atoms with Gasteiger partial charge in [0.25, 0.3) is 0 Å². The highest BCUT2D eigenvalue weighted by Gasteiger charge is 2.16. The molecule has 2 aromatic rings. The molecule has 0 saturated carbocycles. The van der Waals surface area contributed by atoms with Crippen molar-refractivity contribution in [2.75, 3.05) is 18.0 Å². The van der Waals surface area contributed by atoms with Crippen LogP contribution in [0.4, 0.5) is 5.82 Å². The average Bonchev–Trinajstić information content (AvgIpc) is 2.75. The highest BCUT2D eigenvalue weighted by atomic mass is 15.3. The number of rotatable bonds is 7. The fourth-order valence-corrected chi connectivity index (χ4v) is 2.52. The minimum absolute atomic E-state index is 0.922. The molecule has 5 nitrogen and oxygen atoms in total. The highest BCUT2D eigenvalue weighted by Crippen LogP contribution is 2.26. The van der Waals surface area contributed by atoms with Gasteiger partial charge in [0.15, 0.2) is 5.65 Å². The molecule has 0 saturated heterocycles. The smallest absolute Gasteiger partial charge is 0.163 e. The van der Waals surface area contributed by atoms with Gasteiger partial charge >= 0.3 is 0 Å². The van der Waals surface area contributed by atoms with Gasteiger partial charge in [-0.3, -0.25) is 4.68 Å². The summed E-state index contributed by atoms with van der Waals surface area (Å²) < 4.78 is 1.84. The average molecular weight is 275 g/mol. The number of hydrogen-bond acceptors (Lipinski definition) is 4. The monoisotopic (exact) mass is 275 g/mol. The Labute approximate surface area is 121 Å². The first-order valence-corrected chi connectivity index (χ1v) is 7.58. The molecule has 2 aromatic heterocycles. The van der Waals surface area contributed by atoms with E-state index < -0.39 is 0 Å². The molecule has 0 aromatic carbocycles. The van der Waals surface area contributed by atoms with Crippen molar-refractivity contribution in [3.8, 4) is 0 Å². The van der Waals surface area contributed by atoms with Crippen molar-refractivity contribution < 1.29 is 0 Å². The molecule has 0 atom stereocenters. The Kier molecular flexibility index (Phi) is 4.93. The molecular weight excluding hydrogens is 250 g/mol. The topological polar surface area (TPSA) is 46.8 Å². The molecule has 0 fully saturated rings. The molecule has 2 rings (SSSR count). The van der Waals surface area contributed by atoms with Gasteiger partial charge < -0.3 is 4.90 Å². The van der Waals surface area contributed by atoms with Crippen LogP contribution in [0, 0.1) is 6.92 Å². The maximum atomic E-state index is 4.55. The lowest BCUT2D eigenvalue weighted by Gasteiger charge is -2.24. The van der Waals surface area contributed by atoms with Crippen molar-refractivity contribution in [2.24, 2.45) is 7.05 Å². The summed E-state index contributed by atoms with van der Waals surface area (Å²) in [5, 5.41) is 5.58. The predicted molar refractivity (Wildman–Crippen MR) is 83.1 cm³/mol. The van der Waals surface area contributed by atoms with Crippen molar-refractivity contribution in [3.63, 3.8) is 0 Å². The fraction of sp³-hybridized carbons (Fsp3) is 0.667. The second-order valence-corrected chi connectivity index (χ2v) is 5.30. The van der Waals surface area contributed by atoms with Crippen LogP contribution < -0.4 is 4.90 Å². The van der Waals surface area contributed by atoms with Crippen molar-refractivity contribution in [2.45, 2.75) is 46.5 Å². The van der Waals surface area contributed by atoms with Crippen LogP contribution in [0.5, 0.6) is 0 Å². The Morgan fingerprint density at radius 1 is 1.10 bits per heavy atom. The van der Waals surface area contributed by atoms with Gasteiger partial charge in [-0.05, 0) is 19.8 Å². The Morgan fingerprint density at radius 3 is 2.35 bits per heavy atom. The summed E-state index contributed by atoms with van der Waals surface area (Å²) in [6, 6.07) is 0. The lowest BCUT2D eigenvalue weighted by molar-refractivity contribution is 0.672. The van der Waals surface area contributed by atoms with Crippen LogP contribution in [0.2, 0.25) is 0 Å². The van der Waals surface area contributed by atoms with Gasteiger partial charge in [0.1, 0.15) is 12.1 Å². The molecule has 0 aliphatic carbocycles. The molecule has 2 heterocycles. The number of nitrogens with zero attached hydrogens (tertiary/aromatic N) is 5. The van der Waals surface area contributed by atoms with E-state index in [9.17, 15) is 0 Å². The van der Waals surface area contributed by atoms with Crippen LogP contribution in [0.15, 0.2) is 6.33 Å². The maximum absolute atomic E-state index is 4.55. The molecule has 110 valence electrons. The summed E-state index contributed by atoms with van der Waals surface area (Å²) in [5.74, 6) is 1.04. The van der Waals surface area contributed by atoms with Crippen molar-refractivity contribution in [1.82, 2.24) is 19.7 Å². The Hall–Kier alpha value is -1.65. The van der Waals surface area contributed by atoms with Gasteiger partial charge in [-0.25, -0.2) is 9.97 Å². The zero-order valence-corrected chi connectivity index (χ0v) is 13.1. The van der Waals surface area contributed by atoms with Gasteiger partial charge in [0.05, 0.1) is 11.1 Å². The van der Waals surface area contributed by atoms with Gasteiger partial charge in [-0.2, -0.15) is 5.10 Å². The Morgan fingerprint density at radius 2 is 1.75 bits per heavy atom. The summed E-state index contributed by atoms with van der Waals surface area (Å²) in [4.78, 5) is 11.3. The first-order valence-electron chi connectivity index (χ1n) is 7.58. The number of unbranched alkanes of at least 4 members (excludes halogenated alkanes) is 2. The quantitative estimate of drug-likeness (QED) is 0.779. The molecule has 0 N–H and O–H groups in total. The van der Waals surface area contributed by atoms with E-state index in [-0.39, 0.29) is 0 Å². The third-order valence-electron chi connectivity index (χ3n) is 3.64. The SMILES string of the molecule is CCCCN(CCCC)c1ncnc2c1c(C)nn2C. The Balaban J connectivity index is 2.41. The number of hydrogen-bond donors (Lipinski definition) is 0. The van der Waals surface area contributed by atoms with Gasteiger partial charge in [-0.1, -0.05) is 26.7 Å². The van der Waals surface area contributed by atoms with E-state index in [0.29, 0.717) is 0 Å². The van der Waals surface area contributed by atoms with E-state index >= 15 is 0 Å². The van der Waals surface area contributed by atoms with Crippen LogP contribution in [0.25, 0.3) is 11.0 Å². The van der Waals surface area contributed by atoms with Gasteiger partial charge in [-0.15, -0.1) is 0 Å². The van der Waals surface area contributed by atoms with Crippen LogP contribution >= 0.6 is 0 Å². The molecule has 0 aliphatic heterocycles. The highest BCUT2D eigenvalue weighted by molar-refractivity contribution is 5.89. The lowest BCUT2D eigenvalue weighted by Crippen LogP contribution is -2.27. The Bertz CT molecular complexity index is 553. The minimum Gasteiger partial charge on any atom is -0.356 e. The van der Waals surface area contributed by atoms with Crippen molar-refractivity contribution >= 4 is 16.9 Å². The number of aromatic nitrogens is 4. The molecule has 0 bridgehead atoms. The van der Waals surface area contributed by atoms with E-state index in [0.717, 1.165) is 35.6 Å². The fourth-order valence-electron chi connectivity index (χ4n) is 2.52. The van der Waals surface area contributed by atoms with Crippen LogP contribution in [0.3, 0.4) is 0 Å². The summed E-state index contributed by atoms with van der Waals surface area (Å²) in [6.45, 7) is 8.59. The van der Waals surface area contributed by atoms with E-state index in [1.165, 1.54) is 25.7 Å². The first-order chi connectivity index (χ1) is 9.69. The largest absolute Gasteiger partial charge is 0.356 e. The summed E-state index contributed by atoms with van der Waals surface area (Å²) in [5.41, 5.74) is 1.93.